The summed E-state index contributed by atoms with van der Waals surface area (Å²) in [4.78, 5) is 5.79. The number of aromatic nitrogens is 1. The van der Waals surface area contributed by atoms with E-state index in [1.165, 1.54) is 11.3 Å². The summed E-state index contributed by atoms with van der Waals surface area (Å²) in [6.45, 7) is 1.92. The molecule has 6 heteroatoms. The maximum atomic E-state index is 5.67. The lowest BCUT2D eigenvalue weighted by Gasteiger charge is -2.08. The van der Waals surface area contributed by atoms with E-state index < -0.39 is 0 Å². The van der Waals surface area contributed by atoms with Crippen LogP contribution in [0.1, 0.15) is 21.1 Å². The van der Waals surface area contributed by atoms with Crippen molar-refractivity contribution < 1.29 is 9.47 Å². The SMILES string of the molecule is COc1ccc(Cc2nc(C)c(C(N)=S)s2)cc1OC. The number of nitrogens with zero attached hydrogens (tertiary/aromatic N) is 1. The van der Waals surface area contributed by atoms with Crippen molar-refractivity contribution in [2.24, 2.45) is 5.73 Å². The maximum Gasteiger partial charge on any atom is 0.160 e. The molecule has 0 unspecified atom stereocenters. The topological polar surface area (TPSA) is 57.4 Å². The standard InChI is InChI=1S/C14H16N2O2S2/c1-8-13(14(15)19)20-12(16-8)7-9-4-5-10(17-2)11(6-9)18-3/h4-6H,7H2,1-3H3,(H2,15,19). The molecule has 0 amide bonds. The Kier molecular flexibility index (Phi) is 4.57. The van der Waals surface area contributed by atoms with E-state index in [-0.39, 0.29) is 0 Å². The van der Waals surface area contributed by atoms with E-state index in [2.05, 4.69) is 4.98 Å². The van der Waals surface area contributed by atoms with E-state index in [0.29, 0.717) is 17.2 Å². The number of nitrogens with two attached hydrogens (primary N) is 1. The smallest absolute Gasteiger partial charge is 0.160 e. The lowest BCUT2D eigenvalue weighted by molar-refractivity contribution is 0.354. The van der Waals surface area contributed by atoms with Gasteiger partial charge in [-0.05, 0) is 24.6 Å². The molecule has 1 aromatic carbocycles. The average molecular weight is 308 g/mol. The highest BCUT2D eigenvalue weighted by Crippen LogP contribution is 2.29. The number of thiazole rings is 1. The highest BCUT2D eigenvalue weighted by atomic mass is 32.1. The van der Waals surface area contributed by atoms with Crippen LogP contribution in [0.15, 0.2) is 18.2 Å². The Morgan fingerprint density at radius 2 is 2.00 bits per heavy atom. The van der Waals surface area contributed by atoms with E-state index >= 15 is 0 Å². The van der Waals surface area contributed by atoms with Crippen molar-refractivity contribution in [3.05, 3.63) is 39.3 Å². The van der Waals surface area contributed by atoms with Crippen LogP contribution in [-0.4, -0.2) is 24.2 Å². The van der Waals surface area contributed by atoms with Crippen molar-refractivity contribution in [1.29, 1.82) is 0 Å². The molecule has 20 heavy (non-hydrogen) atoms. The summed E-state index contributed by atoms with van der Waals surface area (Å²) in [5.41, 5.74) is 7.66. The van der Waals surface area contributed by atoms with E-state index in [0.717, 1.165) is 26.9 Å². The third-order valence-electron chi connectivity index (χ3n) is 2.87. The molecule has 0 radical (unpaired) electrons. The highest BCUT2D eigenvalue weighted by Gasteiger charge is 2.11. The third-order valence-corrected chi connectivity index (χ3v) is 4.39. The number of methoxy groups -OCH3 is 2. The first-order chi connectivity index (χ1) is 9.55. The lowest BCUT2D eigenvalue weighted by atomic mass is 10.1. The van der Waals surface area contributed by atoms with Gasteiger partial charge in [0.05, 0.1) is 29.8 Å². The van der Waals surface area contributed by atoms with Crippen LogP contribution < -0.4 is 15.2 Å². The van der Waals surface area contributed by atoms with Crippen LogP contribution in [-0.2, 0) is 6.42 Å². The van der Waals surface area contributed by atoms with Crippen LogP contribution in [0, 0.1) is 6.92 Å². The molecular weight excluding hydrogens is 292 g/mol. The summed E-state index contributed by atoms with van der Waals surface area (Å²) in [5.74, 6) is 1.43. The zero-order valence-electron chi connectivity index (χ0n) is 11.6. The minimum atomic E-state index is 0.401. The molecule has 0 saturated carbocycles. The van der Waals surface area contributed by atoms with Crippen molar-refractivity contribution in [2.75, 3.05) is 14.2 Å². The maximum absolute atomic E-state index is 5.67. The fraction of sp³-hybridized carbons (Fsp3) is 0.286. The van der Waals surface area contributed by atoms with Crippen molar-refractivity contribution in [3.63, 3.8) is 0 Å². The van der Waals surface area contributed by atoms with Gasteiger partial charge in [-0.15, -0.1) is 11.3 Å². The van der Waals surface area contributed by atoms with Gasteiger partial charge in [0, 0.05) is 6.42 Å². The van der Waals surface area contributed by atoms with Crippen LogP contribution in [0.2, 0.25) is 0 Å². The lowest BCUT2D eigenvalue weighted by Crippen LogP contribution is -2.08. The van der Waals surface area contributed by atoms with Gasteiger partial charge >= 0.3 is 0 Å². The molecule has 0 bridgehead atoms. The normalized spacial score (nSPS) is 10.3. The molecule has 0 spiro atoms. The summed E-state index contributed by atoms with van der Waals surface area (Å²) in [6, 6.07) is 5.84. The largest absolute Gasteiger partial charge is 0.493 e. The van der Waals surface area contributed by atoms with Gasteiger partial charge in [-0.1, -0.05) is 18.3 Å². The van der Waals surface area contributed by atoms with Gasteiger partial charge in [0.1, 0.15) is 4.99 Å². The monoisotopic (exact) mass is 308 g/mol. The molecule has 0 aliphatic carbocycles. The van der Waals surface area contributed by atoms with Crippen molar-refractivity contribution in [3.8, 4) is 11.5 Å². The van der Waals surface area contributed by atoms with Crippen molar-refractivity contribution >= 4 is 28.5 Å². The molecule has 1 aromatic heterocycles. The average Bonchev–Trinajstić information content (AvgIpc) is 2.79. The number of hydrogen-bond acceptors (Lipinski definition) is 5. The van der Waals surface area contributed by atoms with Crippen molar-refractivity contribution in [2.45, 2.75) is 13.3 Å². The van der Waals surface area contributed by atoms with Gasteiger partial charge in [0.15, 0.2) is 11.5 Å². The Bertz CT molecular complexity index is 638. The first-order valence-corrected chi connectivity index (χ1v) is 7.24. The summed E-state index contributed by atoms with van der Waals surface area (Å²) >= 11 is 6.55. The van der Waals surface area contributed by atoms with Crippen LogP contribution in [0.5, 0.6) is 11.5 Å². The number of thiocarbonyl (C=S) groups is 1. The van der Waals surface area contributed by atoms with Gasteiger partial charge < -0.3 is 15.2 Å². The molecule has 1 heterocycles. The van der Waals surface area contributed by atoms with Gasteiger partial charge in [-0.3, -0.25) is 0 Å². The van der Waals surface area contributed by atoms with Gasteiger partial charge in [-0.25, -0.2) is 4.98 Å². The Morgan fingerprint density at radius 1 is 1.30 bits per heavy atom. The predicted molar refractivity (Wildman–Crippen MR) is 85.1 cm³/mol. The molecular formula is C14H16N2O2S2. The fourth-order valence-electron chi connectivity index (χ4n) is 1.92. The fourth-order valence-corrected chi connectivity index (χ4v) is 3.15. The van der Waals surface area contributed by atoms with Gasteiger partial charge in [-0.2, -0.15) is 0 Å². The van der Waals surface area contributed by atoms with Crippen LogP contribution in [0.4, 0.5) is 0 Å². The molecule has 0 atom stereocenters. The molecule has 4 nitrogen and oxygen atoms in total. The van der Waals surface area contributed by atoms with E-state index in [9.17, 15) is 0 Å². The van der Waals surface area contributed by atoms with E-state index in [1.807, 2.05) is 25.1 Å². The molecule has 2 rings (SSSR count). The number of benzene rings is 1. The third kappa shape index (κ3) is 3.08. The molecule has 0 fully saturated rings. The first kappa shape index (κ1) is 14.7. The highest BCUT2D eigenvalue weighted by molar-refractivity contribution is 7.81. The zero-order chi connectivity index (χ0) is 14.7. The minimum Gasteiger partial charge on any atom is -0.493 e. The molecule has 106 valence electrons. The Morgan fingerprint density at radius 3 is 2.55 bits per heavy atom. The minimum absolute atomic E-state index is 0.401. The van der Waals surface area contributed by atoms with Crippen molar-refractivity contribution in [1.82, 2.24) is 4.98 Å². The summed E-state index contributed by atoms with van der Waals surface area (Å²) in [7, 11) is 3.25. The number of hydrogen-bond donors (Lipinski definition) is 1. The van der Waals surface area contributed by atoms with E-state index in [1.54, 1.807) is 14.2 Å². The number of rotatable bonds is 5. The number of ether oxygens (including phenoxy) is 2. The Labute approximate surface area is 127 Å². The Balaban J connectivity index is 2.26. The summed E-state index contributed by atoms with van der Waals surface area (Å²) in [6.07, 6.45) is 0.717. The number of aryl methyl sites for hydroxylation is 1. The van der Waals surface area contributed by atoms with Crippen LogP contribution in [0.3, 0.4) is 0 Å². The predicted octanol–water partition coefficient (Wildman–Crippen LogP) is 2.69. The quantitative estimate of drug-likeness (QED) is 0.861. The summed E-state index contributed by atoms with van der Waals surface area (Å²) in [5, 5.41) is 0.984. The first-order valence-electron chi connectivity index (χ1n) is 6.02. The second-order valence-corrected chi connectivity index (χ2v) is 5.78. The molecule has 0 aliphatic heterocycles. The van der Waals surface area contributed by atoms with Gasteiger partial charge in [0.25, 0.3) is 0 Å². The van der Waals surface area contributed by atoms with Crippen LogP contribution >= 0.6 is 23.6 Å². The van der Waals surface area contributed by atoms with Crippen LogP contribution in [0.25, 0.3) is 0 Å². The second kappa shape index (κ2) is 6.19. The molecule has 2 aromatic rings. The second-order valence-electron chi connectivity index (χ2n) is 4.25. The summed E-state index contributed by atoms with van der Waals surface area (Å²) < 4.78 is 10.5. The molecule has 0 saturated heterocycles. The molecule has 2 N–H and O–H groups in total. The van der Waals surface area contributed by atoms with Gasteiger partial charge in [0.2, 0.25) is 0 Å². The Hall–Kier alpha value is -1.66. The zero-order valence-corrected chi connectivity index (χ0v) is 13.2. The van der Waals surface area contributed by atoms with E-state index in [4.69, 9.17) is 27.4 Å². The molecule has 0 aliphatic rings.